The molecule has 5 rings (SSSR count). The summed E-state index contributed by atoms with van der Waals surface area (Å²) in [5.74, 6) is -2.55. The van der Waals surface area contributed by atoms with E-state index >= 15 is 0 Å². The molecule has 16 heteroatoms. The van der Waals surface area contributed by atoms with Crippen molar-refractivity contribution in [2.45, 2.75) is 26.1 Å². The third-order valence-corrected chi connectivity index (χ3v) is 7.26. The summed E-state index contributed by atoms with van der Waals surface area (Å²) >= 11 is 0. The number of rotatable bonds is 12. The Morgan fingerprint density at radius 2 is 1.63 bits per heavy atom. The first-order chi connectivity index (χ1) is 24.3. The average Bonchev–Trinajstić information content (AvgIpc) is 3.54. The normalized spacial score (nSPS) is 11.1. The molecular weight excluding hydrogens is 675 g/mol. The van der Waals surface area contributed by atoms with E-state index in [0.29, 0.717) is 17.0 Å². The molecule has 0 saturated heterocycles. The average molecular weight is 704 g/mol. The number of nitrogens with one attached hydrogen (secondary N) is 1. The number of esters is 1. The maximum Gasteiger partial charge on any atom is 0.416 e. The van der Waals surface area contributed by atoms with Gasteiger partial charge in [-0.1, -0.05) is 18.2 Å². The number of nitrogens with zero attached hydrogens (tertiary/aromatic N) is 4. The highest BCUT2D eigenvalue weighted by atomic mass is 19.4. The summed E-state index contributed by atoms with van der Waals surface area (Å²) < 4.78 is 56.2. The topological polar surface area (TPSA) is 174 Å². The zero-order valence-corrected chi connectivity index (χ0v) is 26.9. The molecule has 0 spiro atoms. The molecule has 2 heterocycles. The van der Waals surface area contributed by atoms with Crippen molar-refractivity contribution in [3.63, 3.8) is 0 Å². The Labute approximate surface area is 287 Å². The predicted octanol–water partition coefficient (Wildman–Crippen LogP) is 5.59. The second-order valence-electron chi connectivity index (χ2n) is 11.0. The van der Waals surface area contributed by atoms with Crippen molar-refractivity contribution in [2.75, 3.05) is 19.0 Å². The minimum Gasteiger partial charge on any atom is -0.497 e. The summed E-state index contributed by atoms with van der Waals surface area (Å²) in [6, 6.07) is 17.9. The van der Waals surface area contributed by atoms with Crippen molar-refractivity contribution in [3.05, 3.63) is 119 Å². The molecule has 0 fully saturated rings. The molecule has 2 aromatic heterocycles. The molecule has 0 saturated carbocycles. The number of carboxylic acid groups (broad SMARTS) is 1. The maximum absolute atomic E-state index is 13.5. The summed E-state index contributed by atoms with van der Waals surface area (Å²) in [5.41, 5.74) is 0.138. The van der Waals surface area contributed by atoms with Crippen LogP contribution in [0, 0.1) is 6.92 Å². The van der Waals surface area contributed by atoms with E-state index in [1.807, 2.05) is 0 Å². The Morgan fingerprint density at radius 1 is 0.922 bits per heavy atom. The van der Waals surface area contributed by atoms with E-state index in [2.05, 4.69) is 20.5 Å². The smallest absolute Gasteiger partial charge is 0.416 e. The first-order valence-electron chi connectivity index (χ1n) is 15.0. The van der Waals surface area contributed by atoms with Crippen molar-refractivity contribution >= 4 is 29.4 Å². The number of aliphatic carboxylic acids is 1. The Hall–Kier alpha value is -6.58. The van der Waals surface area contributed by atoms with Crippen LogP contribution in [0.3, 0.4) is 0 Å². The quantitative estimate of drug-likeness (QED) is 0.122. The van der Waals surface area contributed by atoms with Gasteiger partial charge in [-0.3, -0.25) is 14.4 Å². The predicted molar refractivity (Wildman–Crippen MR) is 173 cm³/mol. The fourth-order valence-electron chi connectivity index (χ4n) is 4.82. The van der Waals surface area contributed by atoms with Crippen LogP contribution in [0.1, 0.15) is 43.4 Å². The Balaban J connectivity index is 1.19. The molecule has 262 valence electrons. The molecule has 3 aromatic carbocycles. The number of carbonyl (C=O) groups is 4. The van der Waals surface area contributed by atoms with Crippen LogP contribution >= 0.6 is 0 Å². The van der Waals surface area contributed by atoms with Gasteiger partial charge in [-0.15, -0.1) is 10.2 Å². The standard InChI is InChI=1S/C35H28F3N5O8/c1-20-41-42-32(50-20)24-8-14-29(39-17-24)34(48)51-26-11-3-21(4-12-26)18-43(19-31(45)46)33(47)22-5-9-25(10-6-22)40-30(44)15-23-7-13-27(49-2)16-28(23)35(36,37)38/h3-14,16-17H,15,18-19H2,1-2H3,(H,40,44)(H,45,46). The van der Waals surface area contributed by atoms with Gasteiger partial charge in [0.05, 0.1) is 24.7 Å². The van der Waals surface area contributed by atoms with Crippen molar-refractivity contribution < 1.29 is 51.3 Å². The molecule has 0 radical (unpaired) electrons. The van der Waals surface area contributed by atoms with Crippen LogP contribution in [0.5, 0.6) is 11.5 Å². The number of ether oxygens (including phenoxy) is 2. The van der Waals surface area contributed by atoms with Crippen LogP contribution in [0.25, 0.3) is 11.5 Å². The van der Waals surface area contributed by atoms with Crippen LogP contribution in [0.15, 0.2) is 89.5 Å². The number of hydrogen-bond donors (Lipinski definition) is 2. The lowest BCUT2D eigenvalue weighted by molar-refractivity contribution is -0.139. The summed E-state index contributed by atoms with van der Waals surface area (Å²) in [4.78, 5) is 55.3. The van der Waals surface area contributed by atoms with Gasteiger partial charge < -0.3 is 29.2 Å². The molecule has 13 nitrogen and oxygen atoms in total. The van der Waals surface area contributed by atoms with Crippen LogP contribution in [-0.2, 0) is 28.7 Å². The summed E-state index contributed by atoms with van der Waals surface area (Å²) in [5, 5.41) is 19.6. The molecule has 2 N–H and O–H groups in total. The summed E-state index contributed by atoms with van der Waals surface area (Å²) in [6.07, 6.45) is -3.88. The van der Waals surface area contributed by atoms with Crippen molar-refractivity contribution in [3.8, 4) is 23.0 Å². The minimum absolute atomic E-state index is 0.00376. The van der Waals surface area contributed by atoms with Crippen molar-refractivity contribution in [1.82, 2.24) is 20.1 Å². The fraction of sp³-hybridized carbons (Fsp3) is 0.171. The Bertz CT molecular complexity index is 2050. The fourth-order valence-corrected chi connectivity index (χ4v) is 4.82. The Kier molecular flexibility index (Phi) is 10.7. The zero-order valence-electron chi connectivity index (χ0n) is 26.9. The van der Waals surface area contributed by atoms with E-state index in [0.717, 1.165) is 17.0 Å². The first-order valence-corrected chi connectivity index (χ1v) is 15.0. The minimum atomic E-state index is -4.70. The second-order valence-corrected chi connectivity index (χ2v) is 11.0. The Morgan fingerprint density at radius 3 is 2.22 bits per heavy atom. The highest BCUT2D eigenvalue weighted by Gasteiger charge is 2.34. The number of pyridine rings is 1. The number of halogens is 3. The lowest BCUT2D eigenvalue weighted by Crippen LogP contribution is -2.35. The van der Waals surface area contributed by atoms with Crippen LogP contribution in [0.2, 0.25) is 0 Å². The molecule has 0 aliphatic heterocycles. The SMILES string of the molecule is COc1ccc(CC(=O)Nc2ccc(C(=O)N(CC(=O)O)Cc3ccc(OC(=O)c4ccc(-c5nnc(C)o5)cn4)cc3)cc2)c(C(F)(F)F)c1. The van der Waals surface area contributed by atoms with Crippen molar-refractivity contribution in [1.29, 1.82) is 0 Å². The number of aryl methyl sites for hydroxylation is 1. The summed E-state index contributed by atoms with van der Waals surface area (Å²) in [7, 11) is 1.23. The lowest BCUT2D eigenvalue weighted by Gasteiger charge is -2.21. The highest BCUT2D eigenvalue weighted by molar-refractivity contribution is 5.97. The number of amides is 2. The molecule has 0 bridgehead atoms. The number of hydrogen-bond acceptors (Lipinski definition) is 10. The monoisotopic (exact) mass is 703 g/mol. The van der Waals surface area contributed by atoms with E-state index in [9.17, 15) is 37.5 Å². The van der Waals surface area contributed by atoms with Crippen LogP contribution < -0.4 is 14.8 Å². The largest absolute Gasteiger partial charge is 0.497 e. The van der Waals surface area contributed by atoms with E-state index in [-0.39, 0.29) is 46.4 Å². The number of anilines is 1. The molecule has 2 amide bonds. The van der Waals surface area contributed by atoms with E-state index < -0.39 is 48.5 Å². The van der Waals surface area contributed by atoms with Gasteiger partial charge >= 0.3 is 18.1 Å². The maximum atomic E-state index is 13.5. The van der Waals surface area contributed by atoms with E-state index in [4.69, 9.17) is 13.9 Å². The molecule has 0 unspecified atom stereocenters. The van der Waals surface area contributed by atoms with E-state index in [1.165, 1.54) is 61.8 Å². The van der Waals surface area contributed by atoms with Gasteiger partial charge in [-0.25, -0.2) is 9.78 Å². The van der Waals surface area contributed by atoms with Gasteiger partial charge in [-0.05, 0) is 71.8 Å². The van der Waals surface area contributed by atoms with Crippen LogP contribution in [-0.4, -0.2) is 62.6 Å². The van der Waals surface area contributed by atoms with E-state index in [1.54, 1.807) is 25.1 Å². The second kappa shape index (κ2) is 15.3. The van der Waals surface area contributed by atoms with Crippen molar-refractivity contribution in [2.24, 2.45) is 0 Å². The van der Waals surface area contributed by atoms with Gasteiger partial charge in [-0.2, -0.15) is 13.2 Å². The molecular formula is C35H28F3N5O8. The van der Waals surface area contributed by atoms with Gasteiger partial charge in [0, 0.05) is 30.9 Å². The third kappa shape index (κ3) is 9.32. The number of benzene rings is 3. The highest BCUT2D eigenvalue weighted by Crippen LogP contribution is 2.35. The molecule has 0 atom stereocenters. The molecule has 51 heavy (non-hydrogen) atoms. The molecule has 0 aliphatic rings. The molecule has 0 aliphatic carbocycles. The molecule has 5 aromatic rings. The lowest BCUT2D eigenvalue weighted by atomic mass is 10.0. The van der Waals surface area contributed by atoms with Crippen LogP contribution in [0.4, 0.5) is 18.9 Å². The number of methoxy groups -OCH3 is 1. The first kappa shape index (κ1) is 35.7. The number of alkyl halides is 3. The zero-order chi connectivity index (χ0) is 36.7. The van der Waals surface area contributed by atoms with Gasteiger partial charge in [0.2, 0.25) is 17.7 Å². The number of carbonyl (C=O) groups excluding carboxylic acids is 3. The van der Waals surface area contributed by atoms with Gasteiger partial charge in [0.1, 0.15) is 23.7 Å². The number of carboxylic acids is 1. The third-order valence-electron chi connectivity index (χ3n) is 7.26. The summed E-state index contributed by atoms with van der Waals surface area (Å²) in [6.45, 7) is 0.894. The number of aromatic nitrogens is 3. The van der Waals surface area contributed by atoms with Gasteiger partial charge in [0.15, 0.2) is 0 Å². The van der Waals surface area contributed by atoms with Gasteiger partial charge in [0.25, 0.3) is 5.91 Å².